The SMILES string of the molecule is Nc1nc(N2CCCC2)nc2c1C(C(=O)Nc1ccc(F)cc1)CC(=O)N2. The number of nitrogens with zero attached hydrogens (tertiary/aromatic N) is 3. The summed E-state index contributed by atoms with van der Waals surface area (Å²) in [6.45, 7) is 1.67. The van der Waals surface area contributed by atoms with Crippen LogP contribution in [0.25, 0.3) is 0 Å². The fraction of sp³-hybridized carbons (Fsp3) is 0.333. The number of amides is 2. The fourth-order valence-corrected chi connectivity index (χ4v) is 3.43. The molecule has 9 heteroatoms. The minimum absolute atomic E-state index is 0.0589. The molecule has 2 aliphatic rings. The molecule has 2 amide bonds. The lowest BCUT2D eigenvalue weighted by atomic mass is 9.92. The van der Waals surface area contributed by atoms with E-state index in [2.05, 4.69) is 20.6 Å². The van der Waals surface area contributed by atoms with E-state index in [9.17, 15) is 14.0 Å². The Kier molecular flexibility index (Phi) is 4.35. The Morgan fingerprint density at radius 2 is 1.93 bits per heavy atom. The normalized spacial score (nSPS) is 18.8. The zero-order valence-corrected chi connectivity index (χ0v) is 14.5. The second-order valence-corrected chi connectivity index (χ2v) is 6.67. The highest BCUT2D eigenvalue weighted by Gasteiger charge is 2.35. The molecule has 0 bridgehead atoms. The first-order valence-corrected chi connectivity index (χ1v) is 8.80. The number of anilines is 4. The number of carbonyl (C=O) groups excluding carboxylic acids is 2. The van der Waals surface area contributed by atoms with E-state index >= 15 is 0 Å². The third-order valence-electron chi connectivity index (χ3n) is 4.78. The fourth-order valence-electron chi connectivity index (χ4n) is 3.43. The molecule has 140 valence electrons. The molecule has 0 aliphatic carbocycles. The Morgan fingerprint density at radius 1 is 1.22 bits per heavy atom. The van der Waals surface area contributed by atoms with Crippen molar-refractivity contribution in [3.63, 3.8) is 0 Å². The summed E-state index contributed by atoms with van der Waals surface area (Å²) in [5.41, 5.74) is 6.98. The van der Waals surface area contributed by atoms with Crippen LogP contribution in [0.1, 0.15) is 30.7 Å². The number of nitrogen functional groups attached to an aromatic ring is 1. The van der Waals surface area contributed by atoms with E-state index in [1.54, 1.807) is 0 Å². The summed E-state index contributed by atoms with van der Waals surface area (Å²) in [6, 6.07) is 5.40. The van der Waals surface area contributed by atoms with Gasteiger partial charge in [-0.25, -0.2) is 4.39 Å². The summed E-state index contributed by atoms with van der Waals surface area (Å²) in [4.78, 5) is 35.7. The van der Waals surface area contributed by atoms with Gasteiger partial charge in [0.1, 0.15) is 17.5 Å². The molecular formula is C18H19FN6O2. The van der Waals surface area contributed by atoms with Crippen molar-refractivity contribution >= 4 is 35.1 Å². The van der Waals surface area contributed by atoms with Crippen molar-refractivity contribution in [2.45, 2.75) is 25.2 Å². The lowest BCUT2D eigenvalue weighted by Gasteiger charge is -2.26. The number of fused-ring (bicyclic) bond motifs is 1. The number of rotatable bonds is 3. The van der Waals surface area contributed by atoms with Gasteiger partial charge in [-0.15, -0.1) is 0 Å². The number of carbonyl (C=O) groups is 2. The van der Waals surface area contributed by atoms with E-state index in [4.69, 9.17) is 5.73 Å². The van der Waals surface area contributed by atoms with Crippen molar-refractivity contribution in [3.8, 4) is 0 Å². The topological polar surface area (TPSA) is 113 Å². The Labute approximate surface area is 155 Å². The predicted octanol–water partition coefficient (Wildman–Crippen LogP) is 1.86. The van der Waals surface area contributed by atoms with Crippen molar-refractivity contribution < 1.29 is 14.0 Å². The minimum atomic E-state index is -0.813. The molecule has 0 spiro atoms. The summed E-state index contributed by atoms with van der Waals surface area (Å²) in [5, 5.41) is 5.38. The van der Waals surface area contributed by atoms with Gasteiger partial charge in [0.25, 0.3) is 0 Å². The third kappa shape index (κ3) is 3.40. The number of hydrogen-bond acceptors (Lipinski definition) is 6. The lowest BCUT2D eigenvalue weighted by Crippen LogP contribution is -2.33. The van der Waals surface area contributed by atoms with E-state index in [-0.39, 0.29) is 24.0 Å². The second kappa shape index (κ2) is 6.82. The second-order valence-electron chi connectivity index (χ2n) is 6.67. The van der Waals surface area contributed by atoms with Crippen LogP contribution in [-0.4, -0.2) is 34.9 Å². The molecule has 1 aromatic heterocycles. The quantitative estimate of drug-likeness (QED) is 0.760. The third-order valence-corrected chi connectivity index (χ3v) is 4.78. The Morgan fingerprint density at radius 3 is 2.63 bits per heavy atom. The number of aromatic nitrogens is 2. The van der Waals surface area contributed by atoms with Gasteiger partial charge in [-0.3, -0.25) is 9.59 Å². The van der Waals surface area contributed by atoms with Crippen LogP contribution in [0.3, 0.4) is 0 Å². The summed E-state index contributed by atoms with van der Waals surface area (Å²) in [6.07, 6.45) is 2.04. The average molecular weight is 370 g/mol. The Hall–Kier alpha value is -3.23. The van der Waals surface area contributed by atoms with E-state index < -0.39 is 17.6 Å². The highest BCUT2D eigenvalue weighted by molar-refractivity contribution is 6.05. The monoisotopic (exact) mass is 370 g/mol. The highest BCUT2D eigenvalue weighted by atomic mass is 19.1. The van der Waals surface area contributed by atoms with Crippen LogP contribution in [0.5, 0.6) is 0 Å². The molecule has 1 aromatic carbocycles. The van der Waals surface area contributed by atoms with Crippen molar-refractivity contribution in [2.75, 3.05) is 34.4 Å². The van der Waals surface area contributed by atoms with Gasteiger partial charge in [0, 0.05) is 25.2 Å². The van der Waals surface area contributed by atoms with Crippen LogP contribution in [0, 0.1) is 5.82 Å². The maximum atomic E-state index is 13.0. The minimum Gasteiger partial charge on any atom is -0.383 e. The van der Waals surface area contributed by atoms with Crippen molar-refractivity contribution in [3.05, 3.63) is 35.6 Å². The van der Waals surface area contributed by atoms with Crippen LogP contribution in [-0.2, 0) is 9.59 Å². The summed E-state index contributed by atoms with van der Waals surface area (Å²) < 4.78 is 13.0. The van der Waals surface area contributed by atoms with Crippen LogP contribution in [0.2, 0.25) is 0 Å². The van der Waals surface area contributed by atoms with Crippen molar-refractivity contribution in [2.24, 2.45) is 0 Å². The maximum absolute atomic E-state index is 13.0. The predicted molar refractivity (Wildman–Crippen MR) is 98.9 cm³/mol. The molecule has 4 N–H and O–H groups in total. The number of hydrogen-bond donors (Lipinski definition) is 3. The van der Waals surface area contributed by atoms with Gasteiger partial charge >= 0.3 is 0 Å². The summed E-state index contributed by atoms with van der Waals surface area (Å²) in [7, 11) is 0. The van der Waals surface area contributed by atoms with Gasteiger partial charge in [-0.2, -0.15) is 9.97 Å². The Balaban J connectivity index is 1.64. The summed E-state index contributed by atoms with van der Waals surface area (Å²) >= 11 is 0. The number of nitrogens with two attached hydrogens (primary N) is 1. The van der Waals surface area contributed by atoms with Crippen molar-refractivity contribution in [1.82, 2.24) is 9.97 Å². The molecule has 2 aromatic rings. The van der Waals surface area contributed by atoms with E-state index in [0.29, 0.717) is 17.2 Å². The zero-order valence-electron chi connectivity index (χ0n) is 14.5. The number of halogens is 1. The molecule has 1 saturated heterocycles. The summed E-state index contributed by atoms with van der Waals surface area (Å²) in [5.74, 6) is -1.02. The van der Waals surface area contributed by atoms with Crippen LogP contribution >= 0.6 is 0 Å². The standard InChI is InChI=1S/C18H19FN6O2/c19-10-3-5-11(6-4-10)21-17(27)12-9-13(26)22-16-14(12)15(20)23-18(24-16)25-7-1-2-8-25/h3-6,12H,1-2,7-9H2,(H,21,27)(H3,20,22,23,24,26). The van der Waals surface area contributed by atoms with Crippen LogP contribution in [0.15, 0.2) is 24.3 Å². The van der Waals surface area contributed by atoms with Gasteiger partial charge in [-0.1, -0.05) is 0 Å². The first-order valence-electron chi connectivity index (χ1n) is 8.80. The largest absolute Gasteiger partial charge is 0.383 e. The molecule has 1 fully saturated rings. The van der Waals surface area contributed by atoms with Gasteiger partial charge in [0.15, 0.2) is 0 Å². The van der Waals surface area contributed by atoms with Crippen LogP contribution < -0.4 is 21.3 Å². The van der Waals surface area contributed by atoms with Gasteiger partial charge in [0.05, 0.1) is 11.5 Å². The maximum Gasteiger partial charge on any atom is 0.232 e. The molecule has 2 aliphatic heterocycles. The zero-order chi connectivity index (χ0) is 19.0. The smallest absolute Gasteiger partial charge is 0.232 e. The van der Waals surface area contributed by atoms with E-state index in [0.717, 1.165) is 25.9 Å². The molecule has 3 heterocycles. The lowest BCUT2D eigenvalue weighted by molar-refractivity contribution is -0.123. The number of benzene rings is 1. The molecule has 4 rings (SSSR count). The Bertz CT molecular complexity index is 895. The van der Waals surface area contributed by atoms with Crippen LogP contribution in [0.4, 0.5) is 27.7 Å². The molecule has 0 radical (unpaired) electrons. The van der Waals surface area contributed by atoms with Gasteiger partial charge in [0.2, 0.25) is 17.8 Å². The molecule has 0 saturated carbocycles. The van der Waals surface area contributed by atoms with E-state index in [1.165, 1.54) is 24.3 Å². The van der Waals surface area contributed by atoms with Crippen molar-refractivity contribution in [1.29, 1.82) is 0 Å². The van der Waals surface area contributed by atoms with Gasteiger partial charge < -0.3 is 21.3 Å². The highest BCUT2D eigenvalue weighted by Crippen LogP contribution is 2.36. The van der Waals surface area contributed by atoms with E-state index in [1.807, 2.05) is 4.90 Å². The van der Waals surface area contributed by atoms with Gasteiger partial charge in [-0.05, 0) is 37.1 Å². The molecule has 1 unspecified atom stereocenters. The average Bonchev–Trinajstić information content (AvgIpc) is 3.17. The molecule has 8 nitrogen and oxygen atoms in total. The molecular weight excluding hydrogens is 351 g/mol. The molecule has 27 heavy (non-hydrogen) atoms. The molecule has 1 atom stereocenters. The number of nitrogens with one attached hydrogen (secondary N) is 2. The first kappa shape index (κ1) is 17.2. The first-order chi connectivity index (χ1) is 13.0.